The zero-order valence-electron chi connectivity index (χ0n) is 10.3. The third-order valence-electron chi connectivity index (χ3n) is 2.69. The van der Waals surface area contributed by atoms with Crippen LogP contribution in [-0.2, 0) is 7.05 Å². The van der Waals surface area contributed by atoms with Crippen molar-refractivity contribution < 1.29 is 0 Å². The Bertz CT molecular complexity index is 719. The van der Waals surface area contributed by atoms with Gasteiger partial charge in [0.05, 0.1) is 5.52 Å². The minimum atomic E-state index is 0.358. The lowest BCUT2D eigenvalue weighted by Gasteiger charge is -2.08. The molecule has 2 heterocycles. The lowest BCUT2D eigenvalue weighted by atomic mass is 10.2. The van der Waals surface area contributed by atoms with Crippen LogP contribution in [0.25, 0.3) is 10.9 Å². The molecule has 0 radical (unpaired) electrons. The summed E-state index contributed by atoms with van der Waals surface area (Å²) in [5.74, 6) is 7.12. The van der Waals surface area contributed by atoms with Crippen LogP contribution in [0.3, 0.4) is 0 Å². The predicted molar refractivity (Wildman–Crippen MR) is 73.8 cm³/mol. The molecule has 0 spiro atoms. The van der Waals surface area contributed by atoms with Gasteiger partial charge in [0.25, 0.3) is 0 Å². The zero-order valence-corrected chi connectivity index (χ0v) is 10.3. The van der Waals surface area contributed by atoms with E-state index in [1.54, 1.807) is 4.68 Å². The first kappa shape index (κ1) is 11.4. The maximum atomic E-state index is 5.38. The van der Waals surface area contributed by atoms with Gasteiger partial charge in [0, 0.05) is 24.7 Å². The number of hydrazine groups is 1. The van der Waals surface area contributed by atoms with E-state index in [2.05, 4.69) is 25.8 Å². The largest absolute Gasteiger partial charge is 0.323 e. The highest BCUT2D eigenvalue weighted by Crippen LogP contribution is 2.23. The first-order valence-corrected chi connectivity index (χ1v) is 5.76. The van der Waals surface area contributed by atoms with Crippen LogP contribution in [-0.4, -0.2) is 19.7 Å². The molecule has 0 aliphatic rings. The van der Waals surface area contributed by atoms with Crippen molar-refractivity contribution in [2.24, 2.45) is 12.9 Å². The highest BCUT2D eigenvalue weighted by molar-refractivity contribution is 5.91. The van der Waals surface area contributed by atoms with E-state index < -0.39 is 0 Å². The minimum Gasteiger partial charge on any atom is -0.323 e. The molecule has 7 nitrogen and oxygen atoms in total. The Kier molecular flexibility index (Phi) is 2.73. The van der Waals surface area contributed by atoms with Gasteiger partial charge in [-0.3, -0.25) is 10.1 Å². The predicted octanol–water partition coefficient (Wildman–Crippen LogP) is 1.39. The molecule has 0 unspecified atom stereocenters. The molecule has 0 fully saturated rings. The number of nitrogen functional groups attached to an aromatic ring is 1. The van der Waals surface area contributed by atoms with Gasteiger partial charge in [0.15, 0.2) is 5.82 Å². The summed E-state index contributed by atoms with van der Waals surface area (Å²) < 4.78 is 1.72. The average molecular weight is 255 g/mol. The summed E-state index contributed by atoms with van der Waals surface area (Å²) >= 11 is 0. The summed E-state index contributed by atoms with van der Waals surface area (Å²) in [5.41, 5.74) is 3.27. The summed E-state index contributed by atoms with van der Waals surface area (Å²) in [5, 5.41) is 8.34. The fraction of sp³-hybridized carbons (Fsp3) is 0.0833. The number of benzene rings is 1. The van der Waals surface area contributed by atoms with E-state index in [-0.39, 0.29) is 0 Å². The van der Waals surface area contributed by atoms with Crippen LogP contribution in [0.5, 0.6) is 0 Å². The van der Waals surface area contributed by atoms with Crippen molar-refractivity contribution in [3.05, 3.63) is 36.5 Å². The van der Waals surface area contributed by atoms with E-state index in [0.717, 1.165) is 10.9 Å². The normalized spacial score (nSPS) is 10.6. The second-order valence-corrected chi connectivity index (χ2v) is 4.06. The van der Waals surface area contributed by atoms with Gasteiger partial charge in [-0.15, -0.1) is 0 Å². The molecule has 0 saturated heterocycles. The lowest BCUT2D eigenvalue weighted by molar-refractivity contribution is 0.771. The Labute approximate surface area is 109 Å². The molecule has 0 aliphatic heterocycles. The number of nitrogens with one attached hydrogen (secondary N) is 2. The van der Waals surface area contributed by atoms with Crippen LogP contribution in [0.4, 0.5) is 17.6 Å². The lowest BCUT2D eigenvalue weighted by Crippen LogP contribution is -2.11. The molecule has 2 aromatic heterocycles. The fourth-order valence-electron chi connectivity index (χ4n) is 1.84. The van der Waals surface area contributed by atoms with Gasteiger partial charge >= 0.3 is 0 Å². The molecule has 0 atom stereocenters. The maximum absolute atomic E-state index is 5.38. The third-order valence-corrected chi connectivity index (χ3v) is 2.69. The van der Waals surface area contributed by atoms with Crippen molar-refractivity contribution in [2.45, 2.75) is 0 Å². The van der Waals surface area contributed by atoms with Gasteiger partial charge in [-0.2, -0.15) is 10.1 Å². The average Bonchev–Trinajstić information content (AvgIpc) is 2.84. The summed E-state index contributed by atoms with van der Waals surface area (Å²) in [6.07, 6.45) is 1.85. The molecular formula is C12H13N7. The molecule has 96 valence electrons. The van der Waals surface area contributed by atoms with Gasteiger partial charge in [-0.25, -0.2) is 10.8 Å². The quantitative estimate of drug-likeness (QED) is 0.483. The Morgan fingerprint density at radius 1 is 1.16 bits per heavy atom. The second kappa shape index (κ2) is 4.54. The van der Waals surface area contributed by atoms with E-state index in [1.807, 2.05) is 43.6 Å². The van der Waals surface area contributed by atoms with E-state index in [1.165, 1.54) is 0 Å². The number of aromatic nitrogens is 4. The number of para-hydroxylation sites is 1. The number of hydrogen-bond acceptors (Lipinski definition) is 6. The summed E-state index contributed by atoms with van der Waals surface area (Å²) in [6.45, 7) is 0. The number of nitrogens with zero attached hydrogens (tertiary/aromatic N) is 4. The van der Waals surface area contributed by atoms with Crippen LogP contribution in [0.15, 0.2) is 36.5 Å². The van der Waals surface area contributed by atoms with Crippen LogP contribution in [0, 0.1) is 0 Å². The number of nitrogens with two attached hydrogens (primary N) is 1. The molecule has 1 aromatic carbocycles. The van der Waals surface area contributed by atoms with Crippen LogP contribution in [0.1, 0.15) is 0 Å². The molecule has 0 saturated carbocycles. The SMILES string of the molecule is Cn1ccc(Nc2nc(NN)nc3ccccc23)n1. The monoisotopic (exact) mass is 255 g/mol. The van der Waals surface area contributed by atoms with E-state index in [4.69, 9.17) is 5.84 Å². The molecule has 0 bridgehead atoms. The van der Waals surface area contributed by atoms with Gasteiger partial charge in [-0.1, -0.05) is 12.1 Å². The van der Waals surface area contributed by atoms with Gasteiger partial charge in [-0.05, 0) is 12.1 Å². The van der Waals surface area contributed by atoms with Crippen LogP contribution < -0.4 is 16.6 Å². The molecule has 0 amide bonds. The Morgan fingerprint density at radius 3 is 2.74 bits per heavy atom. The first-order chi connectivity index (χ1) is 9.26. The van der Waals surface area contributed by atoms with Crippen LogP contribution >= 0.6 is 0 Å². The fourth-order valence-corrected chi connectivity index (χ4v) is 1.84. The Hall–Kier alpha value is -2.67. The van der Waals surface area contributed by atoms with Crippen molar-refractivity contribution in [3.8, 4) is 0 Å². The summed E-state index contributed by atoms with van der Waals surface area (Å²) in [6, 6.07) is 9.57. The summed E-state index contributed by atoms with van der Waals surface area (Å²) in [4.78, 5) is 8.60. The molecule has 7 heteroatoms. The van der Waals surface area contributed by atoms with E-state index in [9.17, 15) is 0 Å². The molecule has 3 aromatic rings. The highest BCUT2D eigenvalue weighted by Gasteiger charge is 2.08. The molecular weight excluding hydrogens is 242 g/mol. The van der Waals surface area contributed by atoms with Gasteiger partial charge < -0.3 is 5.32 Å². The molecule has 3 rings (SSSR count). The zero-order chi connectivity index (χ0) is 13.2. The minimum absolute atomic E-state index is 0.358. The number of aryl methyl sites for hydroxylation is 1. The van der Waals surface area contributed by atoms with Crippen molar-refractivity contribution in [1.82, 2.24) is 19.7 Å². The smallest absolute Gasteiger partial charge is 0.239 e. The number of rotatable bonds is 3. The van der Waals surface area contributed by atoms with E-state index in [0.29, 0.717) is 17.6 Å². The molecule has 4 N–H and O–H groups in total. The van der Waals surface area contributed by atoms with Gasteiger partial charge in [0.2, 0.25) is 5.95 Å². The Balaban J connectivity index is 2.10. The second-order valence-electron chi connectivity index (χ2n) is 4.06. The maximum Gasteiger partial charge on any atom is 0.239 e. The molecule has 19 heavy (non-hydrogen) atoms. The van der Waals surface area contributed by atoms with Crippen molar-refractivity contribution in [1.29, 1.82) is 0 Å². The molecule has 0 aliphatic carbocycles. The van der Waals surface area contributed by atoms with Crippen molar-refractivity contribution >= 4 is 28.5 Å². The highest BCUT2D eigenvalue weighted by atomic mass is 15.3. The number of anilines is 3. The number of fused-ring (bicyclic) bond motifs is 1. The topological polar surface area (TPSA) is 93.7 Å². The summed E-state index contributed by atoms with van der Waals surface area (Å²) in [7, 11) is 1.86. The third kappa shape index (κ3) is 2.18. The van der Waals surface area contributed by atoms with Crippen molar-refractivity contribution in [3.63, 3.8) is 0 Å². The standard InChI is InChI=1S/C12H13N7/c1-19-7-6-10(18-19)15-11-8-4-2-3-5-9(8)14-12(16-11)17-13/h2-7H,13H2,1H3,(H2,14,15,16,17,18). The first-order valence-electron chi connectivity index (χ1n) is 5.76. The number of hydrogen-bond donors (Lipinski definition) is 3. The van der Waals surface area contributed by atoms with Crippen LogP contribution in [0.2, 0.25) is 0 Å². The van der Waals surface area contributed by atoms with Gasteiger partial charge in [0.1, 0.15) is 5.82 Å². The van der Waals surface area contributed by atoms with E-state index >= 15 is 0 Å². The van der Waals surface area contributed by atoms with Crippen molar-refractivity contribution in [2.75, 3.05) is 10.7 Å². The Morgan fingerprint density at radius 2 is 2.00 bits per heavy atom.